The molecule has 0 radical (unpaired) electrons. The molecule has 0 bridgehead atoms. The van der Waals surface area contributed by atoms with Crippen LogP contribution in [-0.2, 0) is 4.79 Å². The second-order valence-corrected chi connectivity index (χ2v) is 9.21. The van der Waals surface area contributed by atoms with Gasteiger partial charge in [0.15, 0.2) is 17.5 Å². The van der Waals surface area contributed by atoms with Crippen molar-refractivity contribution in [2.75, 3.05) is 5.32 Å². The third-order valence-electron chi connectivity index (χ3n) is 6.62. The van der Waals surface area contributed by atoms with Crippen LogP contribution in [0.15, 0.2) is 24.7 Å². The number of nitrogens with one attached hydrogen (secondary N) is 3. The molecular weight excluding hydrogens is 431 g/mol. The third-order valence-corrected chi connectivity index (χ3v) is 6.83. The van der Waals surface area contributed by atoms with Crippen LogP contribution in [0, 0.1) is 11.7 Å². The molecule has 32 heavy (non-hydrogen) atoms. The molecule has 2 aliphatic carbocycles. The lowest BCUT2D eigenvalue weighted by Gasteiger charge is -2.34. The first-order chi connectivity index (χ1) is 15.6. The number of carbonyl (C=O) groups is 1. The quantitative estimate of drug-likeness (QED) is 0.510. The summed E-state index contributed by atoms with van der Waals surface area (Å²) in [5.41, 5.74) is 1.36. The van der Waals surface area contributed by atoms with Crippen LogP contribution in [0.1, 0.15) is 51.4 Å². The molecule has 7 nitrogen and oxygen atoms in total. The highest BCUT2D eigenvalue weighted by Crippen LogP contribution is 2.30. The number of amides is 1. The summed E-state index contributed by atoms with van der Waals surface area (Å²) < 4.78 is 14.7. The van der Waals surface area contributed by atoms with Crippen LogP contribution in [0.3, 0.4) is 0 Å². The molecule has 1 amide bonds. The molecule has 5 rings (SSSR count). The second kappa shape index (κ2) is 9.02. The van der Waals surface area contributed by atoms with Crippen molar-refractivity contribution in [3.63, 3.8) is 0 Å². The van der Waals surface area contributed by atoms with Crippen LogP contribution in [0.4, 0.5) is 10.2 Å². The second-order valence-electron chi connectivity index (χ2n) is 8.77. The zero-order chi connectivity index (χ0) is 22.1. The fourth-order valence-electron chi connectivity index (χ4n) is 4.90. The molecule has 3 aromatic heterocycles. The zero-order valence-electron chi connectivity index (χ0n) is 17.7. The van der Waals surface area contributed by atoms with Gasteiger partial charge in [-0.1, -0.05) is 37.3 Å². The van der Waals surface area contributed by atoms with Crippen LogP contribution in [0.5, 0.6) is 0 Å². The van der Waals surface area contributed by atoms with Crippen molar-refractivity contribution in [3.8, 4) is 11.4 Å². The molecule has 0 saturated heterocycles. The normalized spacial score (nSPS) is 21.7. The first kappa shape index (κ1) is 21.1. The Hall–Kier alpha value is -2.74. The molecule has 3 heterocycles. The third kappa shape index (κ3) is 4.28. The predicted molar refractivity (Wildman–Crippen MR) is 122 cm³/mol. The molecule has 168 valence electrons. The van der Waals surface area contributed by atoms with E-state index >= 15 is 0 Å². The smallest absolute Gasteiger partial charge is 0.223 e. The standard InChI is InChI=1S/C23H26ClFN6O/c24-14-9-15-16(11-27-20(15)26-10-14)21-28-12-17(25)22(31-21)29-18-7-3-4-8-19(18)30-23(32)13-5-1-2-6-13/h9-13,18-19H,1-8H2,(H,26,27)(H,30,32)(H,28,29,31)/t18-,19+/m0/s1. The first-order valence-electron chi connectivity index (χ1n) is 11.3. The van der Waals surface area contributed by atoms with Gasteiger partial charge in [0.2, 0.25) is 5.91 Å². The Labute approximate surface area is 190 Å². The van der Waals surface area contributed by atoms with E-state index in [0.29, 0.717) is 22.1 Å². The minimum absolute atomic E-state index is 0.0363. The number of pyridine rings is 1. The molecule has 3 N–H and O–H groups in total. The Morgan fingerprint density at radius 2 is 1.81 bits per heavy atom. The number of hydrogen-bond donors (Lipinski definition) is 3. The van der Waals surface area contributed by atoms with Crippen LogP contribution < -0.4 is 10.6 Å². The zero-order valence-corrected chi connectivity index (χ0v) is 18.5. The Morgan fingerprint density at radius 1 is 1.06 bits per heavy atom. The maximum Gasteiger partial charge on any atom is 0.223 e. The molecule has 0 unspecified atom stereocenters. The van der Waals surface area contributed by atoms with E-state index in [9.17, 15) is 9.18 Å². The topological polar surface area (TPSA) is 95.6 Å². The van der Waals surface area contributed by atoms with Crippen molar-refractivity contribution in [2.45, 2.75) is 63.5 Å². The number of aromatic nitrogens is 4. The first-order valence-corrected chi connectivity index (χ1v) is 11.7. The highest BCUT2D eigenvalue weighted by atomic mass is 35.5. The van der Waals surface area contributed by atoms with Crippen LogP contribution in [0.2, 0.25) is 5.02 Å². The number of aromatic amines is 1. The lowest BCUT2D eigenvalue weighted by Crippen LogP contribution is -2.50. The van der Waals surface area contributed by atoms with E-state index in [0.717, 1.165) is 56.8 Å². The van der Waals surface area contributed by atoms with Crippen molar-refractivity contribution < 1.29 is 9.18 Å². The molecule has 9 heteroatoms. The van der Waals surface area contributed by atoms with E-state index in [1.807, 2.05) is 0 Å². The van der Waals surface area contributed by atoms with E-state index in [2.05, 4.69) is 30.6 Å². The van der Waals surface area contributed by atoms with Gasteiger partial charge < -0.3 is 15.6 Å². The predicted octanol–water partition coefficient (Wildman–Crippen LogP) is 4.84. The van der Waals surface area contributed by atoms with E-state index in [4.69, 9.17) is 11.6 Å². The molecule has 2 fully saturated rings. The number of hydrogen-bond acceptors (Lipinski definition) is 5. The van der Waals surface area contributed by atoms with Crippen LogP contribution >= 0.6 is 11.6 Å². The summed E-state index contributed by atoms with van der Waals surface area (Å²) in [6, 6.07) is 1.67. The maximum atomic E-state index is 14.7. The summed E-state index contributed by atoms with van der Waals surface area (Å²) in [6.07, 6.45) is 12.5. The maximum absolute atomic E-state index is 14.7. The molecule has 0 spiro atoms. The number of H-pyrrole nitrogens is 1. The van der Waals surface area contributed by atoms with Crippen molar-refractivity contribution in [1.29, 1.82) is 0 Å². The average Bonchev–Trinajstić information content (AvgIpc) is 3.47. The van der Waals surface area contributed by atoms with Gasteiger partial charge in [-0.15, -0.1) is 0 Å². The lowest BCUT2D eigenvalue weighted by atomic mass is 9.89. The number of rotatable bonds is 5. The molecular formula is C23H26ClFN6O. The van der Waals surface area contributed by atoms with Crippen LogP contribution in [-0.4, -0.2) is 37.9 Å². The van der Waals surface area contributed by atoms with Crippen molar-refractivity contribution in [1.82, 2.24) is 25.3 Å². The van der Waals surface area contributed by atoms with E-state index in [1.54, 1.807) is 18.5 Å². The van der Waals surface area contributed by atoms with Crippen molar-refractivity contribution >= 4 is 34.4 Å². The summed E-state index contributed by atoms with van der Waals surface area (Å²) >= 11 is 6.10. The summed E-state index contributed by atoms with van der Waals surface area (Å²) in [5.74, 6) is 0.254. The Morgan fingerprint density at radius 3 is 2.62 bits per heavy atom. The van der Waals surface area contributed by atoms with Crippen molar-refractivity contribution in [3.05, 3.63) is 35.5 Å². The SMILES string of the molecule is O=C(N[C@@H]1CCCC[C@@H]1Nc1nc(-c2c[nH]c3ncc(Cl)cc23)ncc1F)C1CCCC1. The van der Waals surface area contributed by atoms with Gasteiger partial charge in [0.25, 0.3) is 0 Å². The Bertz CT molecular complexity index is 1130. The molecule has 0 aliphatic heterocycles. The highest BCUT2D eigenvalue weighted by Gasteiger charge is 2.31. The number of fused-ring (bicyclic) bond motifs is 1. The van der Waals surface area contributed by atoms with Gasteiger partial charge in [-0.3, -0.25) is 4.79 Å². The van der Waals surface area contributed by atoms with E-state index in [-0.39, 0.29) is 29.7 Å². The van der Waals surface area contributed by atoms with Gasteiger partial charge in [-0.25, -0.2) is 19.3 Å². The van der Waals surface area contributed by atoms with Gasteiger partial charge in [0, 0.05) is 41.3 Å². The Balaban J connectivity index is 1.38. The fraction of sp³-hybridized carbons (Fsp3) is 0.478. The number of anilines is 1. The van der Waals surface area contributed by atoms with Gasteiger partial charge >= 0.3 is 0 Å². The molecule has 2 aliphatic rings. The number of nitrogens with zero attached hydrogens (tertiary/aromatic N) is 3. The molecule has 2 atom stereocenters. The van der Waals surface area contributed by atoms with E-state index < -0.39 is 5.82 Å². The average molecular weight is 457 g/mol. The van der Waals surface area contributed by atoms with Crippen molar-refractivity contribution in [2.24, 2.45) is 5.92 Å². The minimum atomic E-state index is -0.517. The summed E-state index contributed by atoms with van der Waals surface area (Å²) in [4.78, 5) is 28.7. The van der Waals surface area contributed by atoms with E-state index in [1.165, 1.54) is 6.20 Å². The lowest BCUT2D eigenvalue weighted by molar-refractivity contribution is -0.125. The Kier molecular flexibility index (Phi) is 5.95. The van der Waals surface area contributed by atoms with Gasteiger partial charge in [0.1, 0.15) is 5.65 Å². The molecule has 3 aromatic rings. The van der Waals surface area contributed by atoms with Gasteiger partial charge in [-0.05, 0) is 31.7 Å². The van der Waals surface area contributed by atoms with Gasteiger partial charge in [0.05, 0.1) is 11.2 Å². The number of carbonyl (C=O) groups excluding carboxylic acids is 1. The minimum Gasteiger partial charge on any atom is -0.363 e. The summed E-state index contributed by atoms with van der Waals surface area (Å²) in [7, 11) is 0. The van der Waals surface area contributed by atoms with Crippen LogP contribution in [0.25, 0.3) is 22.4 Å². The molecule has 2 saturated carbocycles. The monoisotopic (exact) mass is 456 g/mol. The highest BCUT2D eigenvalue weighted by molar-refractivity contribution is 6.31. The fourth-order valence-corrected chi connectivity index (χ4v) is 5.06. The largest absolute Gasteiger partial charge is 0.363 e. The molecule has 0 aromatic carbocycles. The number of halogens is 2. The summed E-state index contributed by atoms with van der Waals surface area (Å²) in [5, 5.41) is 7.77. The summed E-state index contributed by atoms with van der Waals surface area (Å²) in [6.45, 7) is 0. The van der Waals surface area contributed by atoms with Gasteiger partial charge in [-0.2, -0.15) is 0 Å².